The molecule has 1 rings (SSSR count). The molecule has 0 unspecified atom stereocenters. The molecule has 88 valence electrons. The minimum Gasteiger partial charge on any atom is -0.462 e. The van der Waals surface area contributed by atoms with Crippen LogP contribution in [-0.2, 0) is 4.74 Å². The van der Waals surface area contributed by atoms with Crippen LogP contribution in [0.15, 0.2) is 10.5 Å². The molecule has 0 aliphatic carbocycles. The number of hydrogen-bond donors (Lipinski definition) is 0. The second-order valence-electron chi connectivity index (χ2n) is 3.03. The van der Waals surface area contributed by atoms with Crippen LogP contribution < -0.4 is 0 Å². The lowest BCUT2D eigenvalue weighted by Crippen LogP contribution is -2.09. The van der Waals surface area contributed by atoms with Crippen LogP contribution in [0.1, 0.15) is 35.1 Å². The summed E-state index contributed by atoms with van der Waals surface area (Å²) in [5.41, 5.74) is -0.0192. The molecule has 0 saturated carbocycles. The van der Waals surface area contributed by atoms with E-state index in [-0.39, 0.29) is 16.6 Å². The summed E-state index contributed by atoms with van der Waals surface area (Å²) < 4.78 is 29.9. The Labute approximate surface area is 99.9 Å². The zero-order valence-electron chi connectivity index (χ0n) is 8.76. The molecule has 0 aliphatic heterocycles. The molecular weight excluding hydrogens is 284 g/mol. The van der Waals surface area contributed by atoms with Crippen LogP contribution in [0, 0.1) is 6.92 Å². The number of rotatable bonds is 3. The van der Waals surface area contributed by atoms with E-state index >= 15 is 0 Å². The third kappa shape index (κ3) is 2.75. The Morgan fingerprint density at radius 2 is 2.25 bits per heavy atom. The number of carbonyl (C=O) groups is 1. The van der Waals surface area contributed by atoms with Gasteiger partial charge in [-0.05, 0) is 35.8 Å². The van der Waals surface area contributed by atoms with Crippen molar-refractivity contribution >= 4 is 21.9 Å². The zero-order valence-corrected chi connectivity index (χ0v) is 10.3. The summed E-state index contributed by atoms with van der Waals surface area (Å²) in [6.45, 7) is 3.38. The molecule has 0 atom stereocenters. The van der Waals surface area contributed by atoms with Crippen LogP contribution in [0.25, 0.3) is 0 Å². The van der Waals surface area contributed by atoms with E-state index in [1.807, 2.05) is 0 Å². The molecule has 0 fully saturated rings. The average molecular weight is 294 g/mol. The predicted octanol–water partition coefficient (Wildman–Crippen LogP) is 3.27. The molecule has 1 aromatic heterocycles. The largest absolute Gasteiger partial charge is 0.462 e. The van der Waals surface area contributed by atoms with Crippen molar-refractivity contribution in [2.24, 2.45) is 0 Å². The van der Waals surface area contributed by atoms with Crippen LogP contribution in [0.5, 0.6) is 0 Å². The summed E-state index contributed by atoms with van der Waals surface area (Å²) in [6, 6.07) is 1.41. The topological polar surface area (TPSA) is 39.2 Å². The zero-order chi connectivity index (χ0) is 12.3. The van der Waals surface area contributed by atoms with Crippen LogP contribution in [0.2, 0.25) is 0 Å². The normalized spacial score (nSPS) is 10.6. The lowest BCUT2D eigenvalue weighted by Gasteiger charge is -2.09. The number of aryl methyl sites for hydroxylation is 1. The highest BCUT2D eigenvalue weighted by Crippen LogP contribution is 2.29. The smallest absolute Gasteiger partial charge is 0.339 e. The number of alkyl halides is 2. The first-order valence-corrected chi connectivity index (χ1v) is 5.39. The summed E-state index contributed by atoms with van der Waals surface area (Å²) in [6.07, 6.45) is -2.73. The van der Waals surface area contributed by atoms with Gasteiger partial charge in [0.15, 0.2) is 0 Å². The van der Waals surface area contributed by atoms with Crippen molar-refractivity contribution in [3.05, 3.63) is 27.5 Å². The molecule has 6 heteroatoms. The maximum Gasteiger partial charge on any atom is 0.339 e. The molecule has 0 bridgehead atoms. The highest BCUT2D eigenvalue weighted by Gasteiger charge is 2.21. The number of nitrogens with zero attached hydrogens (tertiary/aromatic N) is 1. The Hall–Kier alpha value is -1.04. The van der Waals surface area contributed by atoms with Gasteiger partial charge in [-0.15, -0.1) is 0 Å². The number of aromatic nitrogens is 1. The summed E-state index contributed by atoms with van der Waals surface area (Å²) in [4.78, 5) is 15.1. The van der Waals surface area contributed by atoms with Crippen molar-refractivity contribution < 1.29 is 18.3 Å². The Bertz CT molecular complexity index is 410. The van der Waals surface area contributed by atoms with Crippen molar-refractivity contribution in [2.45, 2.75) is 20.3 Å². The molecule has 16 heavy (non-hydrogen) atoms. The van der Waals surface area contributed by atoms with Gasteiger partial charge in [0.25, 0.3) is 6.43 Å². The number of esters is 1. The van der Waals surface area contributed by atoms with E-state index in [0.29, 0.717) is 5.69 Å². The Balaban J connectivity index is 3.24. The second kappa shape index (κ2) is 5.34. The van der Waals surface area contributed by atoms with E-state index in [0.717, 1.165) is 0 Å². The van der Waals surface area contributed by atoms with E-state index in [1.54, 1.807) is 13.8 Å². The quantitative estimate of drug-likeness (QED) is 0.803. The van der Waals surface area contributed by atoms with E-state index < -0.39 is 18.1 Å². The molecule has 0 N–H and O–H groups in total. The standard InChI is InChI=1S/C10H10BrF2NO2/c1-3-16-10(15)6-4-5(2)14-8(7(6)11)9(12)13/h4,9H,3H2,1-2H3. The fraction of sp³-hybridized carbons (Fsp3) is 0.400. The van der Waals surface area contributed by atoms with E-state index in [9.17, 15) is 13.6 Å². The van der Waals surface area contributed by atoms with Crippen molar-refractivity contribution in [1.29, 1.82) is 0 Å². The van der Waals surface area contributed by atoms with Crippen molar-refractivity contribution in [3.8, 4) is 0 Å². The van der Waals surface area contributed by atoms with Gasteiger partial charge in [-0.3, -0.25) is 4.98 Å². The lowest BCUT2D eigenvalue weighted by molar-refractivity contribution is 0.0524. The van der Waals surface area contributed by atoms with Gasteiger partial charge in [0.05, 0.1) is 16.6 Å². The monoisotopic (exact) mass is 293 g/mol. The third-order valence-electron chi connectivity index (χ3n) is 1.81. The van der Waals surface area contributed by atoms with Gasteiger partial charge in [-0.1, -0.05) is 0 Å². The van der Waals surface area contributed by atoms with Crippen molar-refractivity contribution in [2.75, 3.05) is 6.61 Å². The van der Waals surface area contributed by atoms with E-state index in [4.69, 9.17) is 4.74 Å². The van der Waals surface area contributed by atoms with E-state index in [1.165, 1.54) is 6.07 Å². The number of hydrogen-bond acceptors (Lipinski definition) is 3. The SMILES string of the molecule is CCOC(=O)c1cc(C)nc(C(F)F)c1Br. The first-order chi connectivity index (χ1) is 7.47. The molecule has 1 heterocycles. The summed E-state index contributed by atoms with van der Waals surface area (Å²) in [7, 11) is 0. The van der Waals surface area contributed by atoms with Gasteiger partial charge in [0, 0.05) is 5.69 Å². The average Bonchev–Trinajstić information content (AvgIpc) is 2.20. The molecule has 1 aromatic rings. The number of pyridine rings is 1. The molecule has 0 spiro atoms. The first kappa shape index (κ1) is 13.0. The highest BCUT2D eigenvalue weighted by molar-refractivity contribution is 9.10. The maximum atomic E-state index is 12.6. The van der Waals surface area contributed by atoms with Gasteiger partial charge in [0.2, 0.25) is 0 Å². The van der Waals surface area contributed by atoms with Crippen molar-refractivity contribution in [3.63, 3.8) is 0 Å². The number of carbonyl (C=O) groups excluding carboxylic acids is 1. The minimum atomic E-state index is -2.73. The van der Waals surface area contributed by atoms with Gasteiger partial charge in [0.1, 0.15) is 5.69 Å². The fourth-order valence-corrected chi connectivity index (χ4v) is 1.72. The van der Waals surface area contributed by atoms with Crippen LogP contribution in [-0.4, -0.2) is 17.6 Å². The summed E-state index contributed by atoms with van der Waals surface area (Å²) in [5, 5.41) is 0. The Kier molecular flexibility index (Phi) is 4.35. The summed E-state index contributed by atoms with van der Waals surface area (Å²) in [5.74, 6) is -0.637. The number of ether oxygens (including phenoxy) is 1. The van der Waals surface area contributed by atoms with Crippen molar-refractivity contribution in [1.82, 2.24) is 4.98 Å². The highest BCUT2D eigenvalue weighted by atomic mass is 79.9. The molecule has 0 aliphatic rings. The maximum absolute atomic E-state index is 12.6. The number of halogens is 3. The molecule has 0 radical (unpaired) electrons. The van der Waals surface area contributed by atoms with Gasteiger partial charge in [-0.25, -0.2) is 13.6 Å². The summed E-state index contributed by atoms with van der Waals surface area (Å²) >= 11 is 2.94. The predicted molar refractivity (Wildman–Crippen MR) is 57.6 cm³/mol. The van der Waals surface area contributed by atoms with Crippen LogP contribution >= 0.6 is 15.9 Å². The fourth-order valence-electron chi connectivity index (χ4n) is 1.18. The second-order valence-corrected chi connectivity index (χ2v) is 3.82. The van der Waals surface area contributed by atoms with Crippen LogP contribution in [0.4, 0.5) is 8.78 Å². The first-order valence-electron chi connectivity index (χ1n) is 4.59. The molecule has 0 saturated heterocycles. The molecule has 0 amide bonds. The molecule has 3 nitrogen and oxygen atoms in total. The van der Waals surface area contributed by atoms with Gasteiger partial charge < -0.3 is 4.74 Å². The van der Waals surface area contributed by atoms with Gasteiger partial charge >= 0.3 is 5.97 Å². The van der Waals surface area contributed by atoms with Gasteiger partial charge in [-0.2, -0.15) is 0 Å². The minimum absolute atomic E-state index is 0.00782. The molecular formula is C10H10BrF2NO2. The van der Waals surface area contributed by atoms with Crippen LogP contribution in [0.3, 0.4) is 0 Å². The lowest BCUT2D eigenvalue weighted by atomic mass is 10.2. The molecule has 0 aromatic carbocycles. The third-order valence-corrected chi connectivity index (χ3v) is 2.65. The Morgan fingerprint density at radius 1 is 1.62 bits per heavy atom. The Morgan fingerprint density at radius 3 is 2.75 bits per heavy atom. The van der Waals surface area contributed by atoms with E-state index in [2.05, 4.69) is 20.9 Å².